The van der Waals surface area contributed by atoms with Crippen LogP contribution in [0.1, 0.15) is 5.56 Å². The van der Waals surface area contributed by atoms with Crippen LogP contribution in [0.3, 0.4) is 0 Å². The molecule has 2 aromatic rings. The molecule has 0 unspecified atom stereocenters. The summed E-state index contributed by atoms with van der Waals surface area (Å²) in [5, 5.41) is 17.2. The van der Waals surface area contributed by atoms with Crippen LogP contribution < -0.4 is 10.2 Å². The monoisotopic (exact) mass is 275 g/mol. The molecule has 1 amide bonds. The molecule has 0 radical (unpaired) electrons. The molecule has 0 aliphatic carbocycles. The number of phenolic OH excluding ortho intramolecular Hbond substituents is 1. The highest BCUT2D eigenvalue weighted by molar-refractivity contribution is 5.83. The maximum atomic E-state index is 11.5. The summed E-state index contributed by atoms with van der Waals surface area (Å²) in [4.78, 5) is 15.2. The van der Waals surface area contributed by atoms with Crippen molar-refractivity contribution in [1.29, 1.82) is 0 Å². The smallest absolute Gasteiger partial charge is 0.261 e. The number of nitrogens with one attached hydrogen (secondary N) is 1. The van der Waals surface area contributed by atoms with Gasteiger partial charge in [-0.25, -0.2) is 15.1 Å². The summed E-state index contributed by atoms with van der Waals surface area (Å²) in [5.41, 5.74) is 2.98. The summed E-state index contributed by atoms with van der Waals surface area (Å²) in [6, 6.07) is 4.78. The standard InChI is InChI=1S/C12H13N5O3/c1-20-11-3-2-9(4-10(11)18)5-14-16-12(19)6-17-8-13-7-15-17/h2-5,7-8,18H,6H2,1H3,(H,16,19). The van der Waals surface area contributed by atoms with Gasteiger partial charge in [0.05, 0.1) is 13.3 Å². The third-order valence-corrected chi connectivity index (χ3v) is 2.38. The Labute approximate surface area is 114 Å². The first-order chi connectivity index (χ1) is 9.69. The van der Waals surface area contributed by atoms with Gasteiger partial charge >= 0.3 is 0 Å². The number of hydrazone groups is 1. The zero-order chi connectivity index (χ0) is 14.4. The number of ether oxygens (including phenoxy) is 1. The van der Waals surface area contributed by atoms with E-state index in [0.29, 0.717) is 11.3 Å². The molecule has 0 aliphatic heterocycles. The Balaban J connectivity index is 1.89. The molecular formula is C12H13N5O3. The Bertz CT molecular complexity index is 610. The van der Waals surface area contributed by atoms with Crippen LogP contribution in [-0.4, -0.2) is 39.1 Å². The zero-order valence-corrected chi connectivity index (χ0v) is 10.7. The molecule has 0 atom stereocenters. The molecule has 20 heavy (non-hydrogen) atoms. The summed E-state index contributed by atoms with van der Waals surface area (Å²) in [6.07, 6.45) is 4.19. The van der Waals surface area contributed by atoms with Crippen LogP contribution in [0.5, 0.6) is 11.5 Å². The molecule has 1 aromatic heterocycles. The summed E-state index contributed by atoms with van der Waals surface area (Å²) >= 11 is 0. The predicted octanol–water partition coefficient (Wildman–Crippen LogP) is 0.143. The molecule has 1 heterocycles. The lowest BCUT2D eigenvalue weighted by Gasteiger charge is -2.03. The van der Waals surface area contributed by atoms with Crippen molar-refractivity contribution in [2.24, 2.45) is 5.10 Å². The first kappa shape index (κ1) is 13.5. The van der Waals surface area contributed by atoms with Crippen molar-refractivity contribution in [2.45, 2.75) is 6.54 Å². The van der Waals surface area contributed by atoms with E-state index in [1.807, 2.05) is 0 Å². The molecule has 8 nitrogen and oxygen atoms in total. The van der Waals surface area contributed by atoms with Crippen LogP contribution in [0, 0.1) is 0 Å². The average Bonchev–Trinajstić information content (AvgIpc) is 2.92. The first-order valence-electron chi connectivity index (χ1n) is 5.70. The highest BCUT2D eigenvalue weighted by atomic mass is 16.5. The van der Waals surface area contributed by atoms with E-state index in [2.05, 4.69) is 20.6 Å². The fourth-order valence-corrected chi connectivity index (χ4v) is 1.46. The van der Waals surface area contributed by atoms with Gasteiger partial charge in [0.1, 0.15) is 19.2 Å². The molecule has 0 fully saturated rings. The third-order valence-electron chi connectivity index (χ3n) is 2.38. The van der Waals surface area contributed by atoms with Crippen LogP contribution in [0.4, 0.5) is 0 Å². The number of phenols is 1. The molecule has 8 heteroatoms. The van der Waals surface area contributed by atoms with Gasteiger partial charge in [-0.3, -0.25) is 4.79 Å². The van der Waals surface area contributed by atoms with Gasteiger partial charge in [0.25, 0.3) is 5.91 Å². The number of methoxy groups -OCH3 is 1. The number of hydrogen-bond acceptors (Lipinski definition) is 6. The van der Waals surface area contributed by atoms with E-state index < -0.39 is 0 Å². The number of aromatic hydroxyl groups is 1. The van der Waals surface area contributed by atoms with E-state index in [1.165, 1.54) is 36.7 Å². The van der Waals surface area contributed by atoms with Crippen LogP contribution in [0.15, 0.2) is 36.0 Å². The van der Waals surface area contributed by atoms with Gasteiger partial charge in [0.2, 0.25) is 0 Å². The number of carbonyl (C=O) groups is 1. The van der Waals surface area contributed by atoms with E-state index in [1.54, 1.807) is 12.1 Å². The molecule has 0 aliphatic rings. The number of aromatic nitrogens is 3. The Morgan fingerprint density at radius 2 is 2.45 bits per heavy atom. The van der Waals surface area contributed by atoms with Crippen molar-refractivity contribution < 1.29 is 14.6 Å². The van der Waals surface area contributed by atoms with Crippen molar-refractivity contribution in [3.63, 3.8) is 0 Å². The normalized spacial score (nSPS) is 10.7. The van der Waals surface area contributed by atoms with Gasteiger partial charge in [-0.2, -0.15) is 10.2 Å². The topological polar surface area (TPSA) is 102 Å². The molecule has 2 N–H and O–H groups in total. The third kappa shape index (κ3) is 3.55. The molecule has 0 saturated carbocycles. The Hall–Kier alpha value is -2.90. The van der Waals surface area contributed by atoms with Crippen molar-refractivity contribution in [3.8, 4) is 11.5 Å². The highest BCUT2D eigenvalue weighted by Gasteiger charge is 2.02. The lowest BCUT2D eigenvalue weighted by molar-refractivity contribution is -0.121. The second-order valence-electron chi connectivity index (χ2n) is 3.82. The van der Waals surface area contributed by atoms with Crippen LogP contribution >= 0.6 is 0 Å². The molecule has 0 saturated heterocycles. The largest absolute Gasteiger partial charge is 0.504 e. The number of carbonyl (C=O) groups excluding carboxylic acids is 1. The second-order valence-corrected chi connectivity index (χ2v) is 3.82. The average molecular weight is 275 g/mol. The minimum Gasteiger partial charge on any atom is -0.504 e. The molecule has 0 bridgehead atoms. The zero-order valence-electron chi connectivity index (χ0n) is 10.7. The Morgan fingerprint density at radius 3 is 3.10 bits per heavy atom. The van der Waals surface area contributed by atoms with E-state index in [9.17, 15) is 9.90 Å². The second kappa shape index (κ2) is 6.32. The summed E-state index contributed by atoms with van der Waals surface area (Å²) in [7, 11) is 1.47. The fourth-order valence-electron chi connectivity index (χ4n) is 1.46. The van der Waals surface area contributed by atoms with Crippen molar-refractivity contribution in [3.05, 3.63) is 36.4 Å². The van der Waals surface area contributed by atoms with Gasteiger partial charge in [-0.1, -0.05) is 0 Å². The van der Waals surface area contributed by atoms with Gasteiger partial charge in [-0.15, -0.1) is 0 Å². The lowest BCUT2D eigenvalue weighted by atomic mass is 10.2. The fraction of sp³-hybridized carbons (Fsp3) is 0.167. The number of amides is 1. The van der Waals surface area contributed by atoms with Crippen molar-refractivity contribution in [1.82, 2.24) is 20.2 Å². The summed E-state index contributed by atoms with van der Waals surface area (Å²) in [6.45, 7) is 0.0329. The van der Waals surface area contributed by atoms with Crippen molar-refractivity contribution >= 4 is 12.1 Å². The molecule has 104 valence electrons. The van der Waals surface area contributed by atoms with Gasteiger partial charge in [0.15, 0.2) is 11.5 Å². The van der Waals surface area contributed by atoms with Gasteiger partial charge in [0, 0.05) is 0 Å². The molecule has 0 spiro atoms. The van der Waals surface area contributed by atoms with Crippen molar-refractivity contribution in [2.75, 3.05) is 7.11 Å². The van der Waals surface area contributed by atoms with Crippen LogP contribution in [0.25, 0.3) is 0 Å². The predicted molar refractivity (Wildman–Crippen MR) is 70.4 cm³/mol. The van der Waals surface area contributed by atoms with Gasteiger partial charge in [-0.05, 0) is 23.8 Å². The Kier molecular flexibility index (Phi) is 4.28. The van der Waals surface area contributed by atoms with Crippen LogP contribution in [0.2, 0.25) is 0 Å². The van der Waals surface area contributed by atoms with E-state index in [4.69, 9.17) is 4.74 Å². The van der Waals surface area contributed by atoms with Crippen LogP contribution in [-0.2, 0) is 11.3 Å². The number of rotatable bonds is 5. The first-order valence-corrected chi connectivity index (χ1v) is 5.70. The lowest BCUT2D eigenvalue weighted by Crippen LogP contribution is -2.23. The van der Waals surface area contributed by atoms with Gasteiger partial charge < -0.3 is 9.84 Å². The minimum atomic E-state index is -0.329. The summed E-state index contributed by atoms with van der Waals surface area (Å²) < 4.78 is 6.30. The SMILES string of the molecule is COc1ccc(C=NNC(=O)Cn2cncn2)cc1O. The maximum Gasteiger partial charge on any atom is 0.261 e. The molecule has 2 rings (SSSR count). The highest BCUT2D eigenvalue weighted by Crippen LogP contribution is 2.25. The minimum absolute atomic E-state index is 0.00499. The van der Waals surface area contributed by atoms with E-state index >= 15 is 0 Å². The number of benzene rings is 1. The number of hydrogen-bond donors (Lipinski definition) is 2. The molecular weight excluding hydrogens is 262 g/mol. The quantitative estimate of drug-likeness (QED) is 0.597. The number of nitrogens with zero attached hydrogens (tertiary/aromatic N) is 4. The maximum absolute atomic E-state index is 11.5. The summed E-state index contributed by atoms with van der Waals surface area (Å²) in [5.74, 6) is 0.0484. The molecule has 1 aromatic carbocycles. The Morgan fingerprint density at radius 1 is 1.60 bits per heavy atom. The van der Waals surface area contributed by atoms with E-state index in [-0.39, 0.29) is 18.2 Å². The van der Waals surface area contributed by atoms with E-state index in [0.717, 1.165) is 0 Å².